The van der Waals surface area contributed by atoms with Gasteiger partial charge in [0, 0.05) is 24.4 Å². The Morgan fingerprint density at radius 1 is 1.21 bits per heavy atom. The van der Waals surface area contributed by atoms with E-state index in [-0.39, 0.29) is 5.69 Å². The number of para-hydroxylation sites is 1. The molecule has 0 aliphatic carbocycles. The van der Waals surface area contributed by atoms with Gasteiger partial charge in [-0.3, -0.25) is 10.1 Å². The molecule has 2 aromatic rings. The fraction of sp³-hybridized carbons (Fsp3) is 0.143. The Hall–Kier alpha value is -2.56. The fourth-order valence-electron chi connectivity index (χ4n) is 2.00. The number of nitrogens with two attached hydrogens (primary N) is 1. The van der Waals surface area contributed by atoms with Gasteiger partial charge in [0.05, 0.1) is 16.3 Å². The maximum atomic E-state index is 10.7. The molecule has 0 aromatic heterocycles. The second-order valence-corrected chi connectivity index (χ2v) is 4.08. The Bertz CT molecular complexity index is 584. The number of benzene rings is 2. The minimum absolute atomic E-state index is 0.00497. The van der Waals surface area contributed by atoms with Gasteiger partial charge in [-0.15, -0.1) is 0 Å². The molecule has 0 aliphatic rings. The van der Waals surface area contributed by atoms with E-state index in [0.717, 1.165) is 17.9 Å². The van der Waals surface area contributed by atoms with Crippen LogP contribution in [0.3, 0.4) is 0 Å². The summed E-state index contributed by atoms with van der Waals surface area (Å²) in [5.74, 6) is 0. The molecule has 2 rings (SSSR count). The van der Waals surface area contributed by atoms with Crippen LogP contribution in [-0.4, -0.2) is 11.5 Å². The Kier molecular flexibility index (Phi) is 3.66. The largest absolute Gasteiger partial charge is 0.397 e. The summed E-state index contributed by atoms with van der Waals surface area (Å²) in [5, 5.41) is 10.7. The first-order chi connectivity index (χ1) is 9.13. The standard InChI is InChI=1S/C14H15N3O2/c1-2-16(11-6-4-3-5-7-11)14-9-8-12(17(18)19)10-13(14)15/h3-10H,2,15H2,1H3. The molecule has 98 valence electrons. The number of anilines is 3. The summed E-state index contributed by atoms with van der Waals surface area (Å²) in [6.07, 6.45) is 0. The maximum Gasteiger partial charge on any atom is 0.271 e. The van der Waals surface area contributed by atoms with Crippen molar-refractivity contribution in [2.75, 3.05) is 17.2 Å². The smallest absolute Gasteiger partial charge is 0.271 e. The minimum atomic E-state index is -0.445. The molecule has 19 heavy (non-hydrogen) atoms. The van der Waals surface area contributed by atoms with Crippen LogP contribution in [0.25, 0.3) is 0 Å². The SMILES string of the molecule is CCN(c1ccccc1)c1ccc([N+](=O)[O-])cc1N. The van der Waals surface area contributed by atoms with Gasteiger partial charge in [0.25, 0.3) is 5.69 Å². The van der Waals surface area contributed by atoms with E-state index >= 15 is 0 Å². The molecule has 0 spiro atoms. The number of nitrogens with zero attached hydrogens (tertiary/aromatic N) is 2. The molecule has 5 heteroatoms. The lowest BCUT2D eigenvalue weighted by Crippen LogP contribution is -2.17. The van der Waals surface area contributed by atoms with Crippen LogP contribution in [-0.2, 0) is 0 Å². The minimum Gasteiger partial charge on any atom is -0.397 e. The monoisotopic (exact) mass is 257 g/mol. The predicted octanol–water partition coefficient (Wildman–Crippen LogP) is 3.34. The van der Waals surface area contributed by atoms with Crippen LogP contribution in [0.4, 0.5) is 22.7 Å². The molecule has 2 N–H and O–H groups in total. The summed E-state index contributed by atoms with van der Waals surface area (Å²) in [5.41, 5.74) is 8.12. The highest BCUT2D eigenvalue weighted by atomic mass is 16.6. The van der Waals surface area contributed by atoms with Crippen molar-refractivity contribution < 1.29 is 4.92 Å². The quantitative estimate of drug-likeness (QED) is 0.518. The van der Waals surface area contributed by atoms with E-state index in [1.807, 2.05) is 42.2 Å². The Labute approximate surface area is 111 Å². The average molecular weight is 257 g/mol. The normalized spacial score (nSPS) is 10.2. The van der Waals surface area contributed by atoms with Gasteiger partial charge >= 0.3 is 0 Å². The van der Waals surface area contributed by atoms with Gasteiger partial charge in [-0.1, -0.05) is 18.2 Å². The van der Waals surface area contributed by atoms with Crippen molar-refractivity contribution in [3.63, 3.8) is 0 Å². The number of nitro groups is 1. The number of rotatable bonds is 4. The van der Waals surface area contributed by atoms with Crippen molar-refractivity contribution in [1.82, 2.24) is 0 Å². The number of hydrogen-bond acceptors (Lipinski definition) is 4. The molecule has 0 saturated carbocycles. The van der Waals surface area contributed by atoms with Crippen LogP contribution in [0.2, 0.25) is 0 Å². The zero-order chi connectivity index (χ0) is 13.8. The van der Waals surface area contributed by atoms with Crippen molar-refractivity contribution in [3.05, 3.63) is 58.6 Å². The van der Waals surface area contributed by atoms with Crippen LogP contribution in [0.5, 0.6) is 0 Å². The van der Waals surface area contributed by atoms with Gasteiger partial charge in [0.15, 0.2) is 0 Å². The van der Waals surface area contributed by atoms with Gasteiger partial charge in [-0.05, 0) is 25.1 Å². The lowest BCUT2D eigenvalue weighted by molar-refractivity contribution is -0.384. The molecule has 5 nitrogen and oxygen atoms in total. The van der Waals surface area contributed by atoms with E-state index in [1.165, 1.54) is 12.1 Å². The molecule has 0 radical (unpaired) electrons. The number of hydrogen-bond donors (Lipinski definition) is 1. The van der Waals surface area contributed by atoms with Gasteiger partial charge in [-0.25, -0.2) is 0 Å². The number of non-ortho nitro benzene ring substituents is 1. The van der Waals surface area contributed by atoms with Crippen LogP contribution in [0.1, 0.15) is 6.92 Å². The lowest BCUT2D eigenvalue weighted by Gasteiger charge is -2.24. The van der Waals surface area contributed by atoms with Crippen LogP contribution < -0.4 is 10.6 Å². The van der Waals surface area contributed by atoms with Crippen molar-refractivity contribution in [3.8, 4) is 0 Å². The van der Waals surface area contributed by atoms with E-state index in [0.29, 0.717) is 5.69 Å². The fourth-order valence-corrected chi connectivity index (χ4v) is 2.00. The van der Waals surface area contributed by atoms with Gasteiger partial charge in [-0.2, -0.15) is 0 Å². The third-order valence-corrected chi connectivity index (χ3v) is 2.90. The molecule has 0 fully saturated rings. The van der Waals surface area contributed by atoms with Crippen molar-refractivity contribution in [2.24, 2.45) is 0 Å². The molecule has 0 saturated heterocycles. The Balaban J connectivity index is 2.42. The molecule has 0 bridgehead atoms. The maximum absolute atomic E-state index is 10.7. The van der Waals surface area contributed by atoms with E-state index in [2.05, 4.69) is 0 Å². The zero-order valence-electron chi connectivity index (χ0n) is 10.6. The predicted molar refractivity (Wildman–Crippen MR) is 76.6 cm³/mol. The summed E-state index contributed by atoms with van der Waals surface area (Å²) in [6, 6.07) is 14.3. The van der Waals surface area contributed by atoms with E-state index in [9.17, 15) is 10.1 Å². The summed E-state index contributed by atoms with van der Waals surface area (Å²) in [6.45, 7) is 2.74. The molecule has 0 atom stereocenters. The average Bonchev–Trinajstić information content (AvgIpc) is 2.42. The van der Waals surface area contributed by atoms with E-state index < -0.39 is 4.92 Å². The highest BCUT2D eigenvalue weighted by Crippen LogP contribution is 2.32. The molecule has 0 unspecified atom stereocenters. The molecular weight excluding hydrogens is 242 g/mol. The first kappa shape index (κ1) is 12.9. The Morgan fingerprint density at radius 3 is 2.42 bits per heavy atom. The number of nitro benzene ring substituents is 1. The highest BCUT2D eigenvalue weighted by Gasteiger charge is 2.14. The lowest BCUT2D eigenvalue weighted by atomic mass is 10.2. The first-order valence-corrected chi connectivity index (χ1v) is 6.00. The molecule has 0 amide bonds. The van der Waals surface area contributed by atoms with Crippen LogP contribution in [0, 0.1) is 10.1 Å². The van der Waals surface area contributed by atoms with Crippen molar-refractivity contribution in [1.29, 1.82) is 0 Å². The summed E-state index contributed by atoms with van der Waals surface area (Å²) >= 11 is 0. The van der Waals surface area contributed by atoms with Crippen LogP contribution in [0.15, 0.2) is 48.5 Å². The van der Waals surface area contributed by atoms with Crippen LogP contribution >= 0.6 is 0 Å². The third-order valence-electron chi connectivity index (χ3n) is 2.90. The third kappa shape index (κ3) is 2.65. The summed E-state index contributed by atoms with van der Waals surface area (Å²) in [7, 11) is 0. The van der Waals surface area contributed by atoms with Gasteiger partial charge in [0.1, 0.15) is 0 Å². The molecule has 0 heterocycles. The molecular formula is C14H15N3O2. The second-order valence-electron chi connectivity index (χ2n) is 4.08. The van der Waals surface area contributed by atoms with Gasteiger partial charge in [0.2, 0.25) is 0 Å². The molecule has 0 aliphatic heterocycles. The molecule has 2 aromatic carbocycles. The topological polar surface area (TPSA) is 72.4 Å². The first-order valence-electron chi connectivity index (χ1n) is 6.00. The second kappa shape index (κ2) is 5.39. The van der Waals surface area contributed by atoms with E-state index in [1.54, 1.807) is 6.07 Å². The zero-order valence-corrected chi connectivity index (χ0v) is 10.6. The van der Waals surface area contributed by atoms with Crippen molar-refractivity contribution in [2.45, 2.75) is 6.92 Å². The highest BCUT2D eigenvalue weighted by molar-refractivity contribution is 5.76. The summed E-state index contributed by atoms with van der Waals surface area (Å²) in [4.78, 5) is 12.3. The van der Waals surface area contributed by atoms with Crippen molar-refractivity contribution >= 4 is 22.7 Å². The Morgan fingerprint density at radius 2 is 1.89 bits per heavy atom. The van der Waals surface area contributed by atoms with Gasteiger partial charge < -0.3 is 10.6 Å². The van der Waals surface area contributed by atoms with E-state index in [4.69, 9.17) is 5.73 Å². The number of nitrogen functional groups attached to an aromatic ring is 1. The summed E-state index contributed by atoms with van der Waals surface area (Å²) < 4.78 is 0.